The van der Waals surface area contributed by atoms with Crippen molar-refractivity contribution in [3.05, 3.63) is 60.2 Å². The van der Waals surface area contributed by atoms with E-state index in [1.54, 1.807) is 12.1 Å². The summed E-state index contributed by atoms with van der Waals surface area (Å²) in [5, 5.41) is 14.6. The van der Waals surface area contributed by atoms with Crippen LogP contribution in [0.1, 0.15) is 45.1 Å². The number of aliphatic hydroxyl groups is 1. The van der Waals surface area contributed by atoms with Crippen molar-refractivity contribution in [3.63, 3.8) is 0 Å². The van der Waals surface area contributed by atoms with Gasteiger partial charge < -0.3 is 24.6 Å². The van der Waals surface area contributed by atoms with Gasteiger partial charge in [-0.15, -0.1) is 0 Å². The quantitative estimate of drug-likeness (QED) is 0.400. The zero-order chi connectivity index (χ0) is 28.8. The van der Waals surface area contributed by atoms with Crippen molar-refractivity contribution in [1.82, 2.24) is 9.62 Å². The average molecular weight is 575 g/mol. The molecule has 2 saturated heterocycles. The molecular formula is C30H42N2O7S. The first-order valence-corrected chi connectivity index (χ1v) is 15.5. The van der Waals surface area contributed by atoms with Crippen molar-refractivity contribution in [2.24, 2.45) is 11.8 Å². The van der Waals surface area contributed by atoms with Crippen molar-refractivity contribution >= 4 is 15.9 Å². The first kappa shape index (κ1) is 30.5. The summed E-state index contributed by atoms with van der Waals surface area (Å²) in [6, 6.07) is 15.1. The summed E-state index contributed by atoms with van der Waals surface area (Å²) in [6.45, 7) is 4.98. The summed E-state index contributed by atoms with van der Waals surface area (Å²) in [7, 11) is -2.39. The topological polar surface area (TPSA) is 114 Å². The van der Waals surface area contributed by atoms with Gasteiger partial charge in [0, 0.05) is 31.8 Å². The lowest BCUT2D eigenvalue weighted by Crippen LogP contribution is -2.53. The molecule has 2 aromatic carbocycles. The number of nitrogens with zero attached hydrogens (tertiary/aromatic N) is 1. The molecule has 2 heterocycles. The maximum atomic E-state index is 13.7. The van der Waals surface area contributed by atoms with Gasteiger partial charge in [-0.25, -0.2) is 8.42 Å². The first-order valence-electron chi connectivity index (χ1n) is 14.1. The number of hydrogen-bond acceptors (Lipinski definition) is 7. The van der Waals surface area contributed by atoms with E-state index < -0.39 is 28.0 Å². The van der Waals surface area contributed by atoms with E-state index in [1.165, 1.54) is 23.5 Å². The van der Waals surface area contributed by atoms with Gasteiger partial charge in [-0.2, -0.15) is 4.31 Å². The van der Waals surface area contributed by atoms with E-state index in [4.69, 9.17) is 14.2 Å². The highest BCUT2D eigenvalue weighted by molar-refractivity contribution is 7.89. The summed E-state index contributed by atoms with van der Waals surface area (Å²) in [4.78, 5) is 13.6. The van der Waals surface area contributed by atoms with Gasteiger partial charge in [-0.1, -0.05) is 44.2 Å². The Bertz CT molecular complexity index is 1200. The molecule has 2 aliphatic heterocycles. The van der Waals surface area contributed by atoms with Crippen LogP contribution in [0, 0.1) is 11.8 Å². The van der Waals surface area contributed by atoms with Gasteiger partial charge in [-0.3, -0.25) is 4.79 Å². The summed E-state index contributed by atoms with van der Waals surface area (Å²) >= 11 is 0. The van der Waals surface area contributed by atoms with E-state index in [1.807, 2.05) is 44.2 Å². The van der Waals surface area contributed by atoms with Gasteiger partial charge in [0.15, 0.2) is 5.79 Å². The molecule has 0 aliphatic carbocycles. The van der Waals surface area contributed by atoms with E-state index in [-0.39, 0.29) is 35.7 Å². The molecule has 40 heavy (non-hydrogen) atoms. The fourth-order valence-electron chi connectivity index (χ4n) is 5.46. The van der Waals surface area contributed by atoms with Crippen LogP contribution in [0.15, 0.2) is 59.5 Å². The lowest BCUT2D eigenvalue weighted by Gasteiger charge is -2.37. The Morgan fingerprint density at radius 3 is 2.42 bits per heavy atom. The van der Waals surface area contributed by atoms with Crippen LogP contribution in [0.2, 0.25) is 0 Å². The van der Waals surface area contributed by atoms with Gasteiger partial charge in [0.05, 0.1) is 37.4 Å². The molecule has 0 saturated carbocycles. The van der Waals surface area contributed by atoms with Crippen LogP contribution in [-0.2, 0) is 30.7 Å². The van der Waals surface area contributed by atoms with Crippen molar-refractivity contribution in [1.29, 1.82) is 0 Å². The number of carbonyl (C=O) groups excluding carboxylic acids is 1. The fourth-order valence-corrected chi connectivity index (χ4v) is 7.08. The normalized spacial score (nSPS) is 22.9. The third-order valence-corrected chi connectivity index (χ3v) is 9.42. The highest BCUT2D eigenvalue weighted by atomic mass is 32.2. The second kappa shape index (κ2) is 13.4. The predicted molar refractivity (Wildman–Crippen MR) is 151 cm³/mol. The van der Waals surface area contributed by atoms with E-state index in [0.29, 0.717) is 38.2 Å². The van der Waals surface area contributed by atoms with Gasteiger partial charge in [0.25, 0.3) is 0 Å². The van der Waals surface area contributed by atoms with Gasteiger partial charge in [0.2, 0.25) is 15.9 Å². The lowest BCUT2D eigenvalue weighted by atomic mass is 9.90. The molecule has 2 aliphatic rings. The molecule has 2 aromatic rings. The van der Waals surface area contributed by atoms with Crippen LogP contribution < -0.4 is 10.1 Å². The Morgan fingerprint density at radius 1 is 1.10 bits per heavy atom. The number of amides is 1. The largest absolute Gasteiger partial charge is 0.497 e. The molecule has 2 fully saturated rings. The fraction of sp³-hybridized carbons (Fsp3) is 0.567. The van der Waals surface area contributed by atoms with Crippen LogP contribution in [-0.4, -0.2) is 75.1 Å². The minimum Gasteiger partial charge on any atom is -0.497 e. The van der Waals surface area contributed by atoms with Gasteiger partial charge in [0.1, 0.15) is 5.75 Å². The second-order valence-corrected chi connectivity index (χ2v) is 13.1. The minimum absolute atomic E-state index is 0.0206. The molecule has 2 N–H and O–H groups in total. The lowest BCUT2D eigenvalue weighted by molar-refractivity contribution is -0.239. The summed E-state index contributed by atoms with van der Waals surface area (Å²) in [6.07, 6.45) is 1.91. The summed E-state index contributed by atoms with van der Waals surface area (Å²) in [5.74, 6) is -0.613. The Hall–Kier alpha value is -2.50. The number of ether oxygens (including phenoxy) is 3. The molecule has 4 rings (SSSR count). The van der Waals surface area contributed by atoms with E-state index in [9.17, 15) is 18.3 Å². The molecule has 0 unspecified atom stereocenters. The molecule has 10 heteroatoms. The predicted octanol–water partition coefficient (Wildman–Crippen LogP) is 3.36. The molecule has 0 bridgehead atoms. The standard InChI is InChI=1S/C30H42N2O7S/c1-22(2)20-32(40(35,36)26-12-10-25(37-3)11-13-26)21-28(33)27(18-23-8-5-4-6-9-23)31-29(34)24-14-17-39-30(19-24)15-7-16-38-30/h4-6,8-13,22,24,27-28,33H,7,14-21H2,1-3H3,(H,31,34)/t24-,27+,28-,30-/m1/s1. The van der Waals surface area contributed by atoms with Gasteiger partial charge >= 0.3 is 0 Å². The molecule has 0 aromatic heterocycles. The second-order valence-electron chi connectivity index (χ2n) is 11.2. The zero-order valence-electron chi connectivity index (χ0n) is 23.6. The number of hydrogen-bond donors (Lipinski definition) is 2. The third kappa shape index (κ3) is 7.61. The third-order valence-electron chi connectivity index (χ3n) is 7.57. The minimum atomic E-state index is -3.91. The van der Waals surface area contributed by atoms with Crippen LogP contribution in [0.4, 0.5) is 0 Å². The number of carbonyl (C=O) groups is 1. The zero-order valence-corrected chi connectivity index (χ0v) is 24.4. The molecule has 0 radical (unpaired) electrons. The maximum absolute atomic E-state index is 13.7. The highest BCUT2D eigenvalue weighted by Gasteiger charge is 2.44. The van der Waals surface area contributed by atoms with Crippen molar-refractivity contribution in [2.45, 2.75) is 68.8 Å². The molecular weight excluding hydrogens is 532 g/mol. The Morgan fingerprint density at radius 2 is 1.80 bits per heavy atom. The number of sulfonamides is 1. The number of aliphatic hydroxyl groups excluding tert-OH is 1. The number of methoxy groups -OCH3 is 1. The first-order chi connectivity index (χ1) is 19.1. The summed E-state index contributed by atoms with van der Waals surface area (Å²) < 4.78 is 45.6. The highest BCUT2D eigenvalue weighted by Crippen LogP contribution is 2.38. The monoisotopic (exact) mass is 574 g/mol. The van der Waals surface area contributed by atoms with Crippen molar-refractivity contribution in [3.8, 4) is 5.75 Å². The van der Waals surface area contributed by atoms with E-state index in [0.717, 1.165) is 18.4 Å². The molecule has 1 spiro atoms. The van der Waals surface area contributed by atoms with Crippen LogP contribution in [0.3, 0.4) is 0 Å². The average Bonchev–Trinajstić information content (AvgIpc) is 3.39. The smallest absolute Gasteiger partial charge is 0.243 e. The number of benzene rings is 2. The Labute approximate surface area is 237 Å². The Kier molecular flexibility index (Phi) is 10.2. The van der Waals surface area contributed by atoms with Crippen LogP contribution in [0.25, 0.3) is 0 Å². The molecule has 1 amide bonds. The van der Waals surface area contributed by atoms with E-state index >= 15 is 0 Å². The van der Waals surface area contributed by atoms with Crippen molar-refractivity contribution in [2.75, 3.05) is 33.4 Å². The maximum Gasteiger partial charge on any atom is 0.243 e. The summed E-state index contributed by atoms with van der Waals surface area (Å²) in [5.41, 5.74) is 0.933. The van der Waals surface area contributed by atoms with Crippen LogP contribution >= 0.6 is 0 Å². The van der Waals surface area contributed by atoms with Gasteiger partial charge in [-0.05, 0) is 55.0 Å². The number of nitrogens with one attached hydrogen (secondary N) is 1. The van der Waals surface area contributed by atoms with E-state index in [2.05, 4.69) is 5.32 Å². The number of rotatable bonds is 12. The van der Waals surface area contributed by atoms with Crippen molar-refractivity contribution < 1.29 is 32.5 Å². The molecule has 4 atom stereocenters. The molecule has 9 nitrogen and oxygen atoms in total. The molecule has 220 valence electrons. The SMILES string of the molecule is COc1ccc(S(=O)(=O)N(CC(C)C)C[C@@H](O)[C@H](Cc2ccccc2)NC(=O)[C@@H]2CCO[C@]3(CCCO3)C2)cc1. The van der Waals surface area contributed by atoms with Crippen LogP contribution in [0.5, 0.6) is 5.75 Å². The Balaban J connectivity index is 1.54.